The van der Waals surface area contributed by atoms with Crippen LogP contribution in [0.15, 0.2) is 55.2 Å². The number of hydrogen-bond donors (Lipinski definition) is 3. The maximum absolute atomic E-state index is 12.2. The van der Waals surface area contributed by atoms with E-state index >= 15 is 0 Å². The molecule has 6 aromatic heterocycles. The molecule has 11 heteroatoms. The lowest BCUT2D eigenvalue weighted by Crippen LogP contribution is -2.13. The molecule has 186 valence electrons. The summed E-state index contributed by atoms with van der Waals surface area (Å²) >= 11 is 1.42. The summed E-state index contributed by atoms with van der Waals surface area (Å²) in [4.78, 5) is 47.0. The van der Waals surface area contributed by atoms with Gasteiger partial charge in [0.1, 0.15) is 11.2 Å². The SMILES string of the molecule is CC(=O)c1ccc(-c2cncc3[nH]c(-c4n[nH]c5ncc(-c6cncc(NC(=O)C7CC7)c6)cc45)nc23)s1. The number of nitrogens with one attached hydrogen (secondary N) is 3. The van der Waals surface area contributed by atoms with Crippen LogP contribution in [0, 0.1) is 5.92 Å². The van der Waals surface area contributed by atoms with Gasteiger partial charge in [-0.1, -0.05) is 0 Å². The van der Waals surface area contributed by atoms with E-state index in [0.29, 0.717) is 27.7 Å². The van der Waals surface area contributed by atoms with E-state index in [1.807, 2.05) is 24.3 Å². The van der Waals surface area contributed by atoms with Crippen molar-refractivity contribution in [1.82, 2.24) is 35.1 Å². The molecular weight excluding hydrogens is 500 g/mol. The molecule has 1 aliphatic rings. The van der Waals surface area contributed by atoms with Gasteiger partial charge in [-0.05, 0) is 44.0 Å². The Bertz CT molecular complexity index is 1880. The second-order valence-corrected chi connectivity index (χ2v) is 10.4. The molecule has 0 radical (unpaired) electrons. The molecular formula is C27H20N8O2S. The van der Waals surface area contributed by atoms with Gasteiger partial charge in [0.2, 0.25) is 5.91 Å². The minimum absolute atomic E-state index is 0.0291. The predicted octanol–water partition coefficient (Wildman–Crippen LogP) is 5.24. The summed E-state index contributed by atoms with van der Waals surface area (Å²) in [5.74, 6) is 0.752. The van der Waals surface area contributed by atoms with E-state index in [1.54, 1.807) is 37.9 Å². The molecule has 3 N–H and O–H groups in total. The molecule has 0 saturated heterocycles. The highest BCUT2D eigenvalue weighted by Crippen LogP contribution is 2.35. The first-order valence-corrected chi connectivity index (χ1v) is 12.9. The van der Waals surface area contributed by atoms with Crippen LogP contribution in [0.4, 0.5) is 5.69 Å². The van der Waals surface area contributed by atoms with Gasteiger partial charge >= 0.3 is 0 Å². The van der Waals surface area contributed by atoms with Crippen LogP contribution in [0.1, 0.15) is 29.4 Å². The number of amides is 1. The Labute approximate surface area is 219 Å². The van der Waals surface area contributed by atoms with Gasteiger partial charge < -0.3 is 10.3 Å². The van der Waals surface area contributed by atoms with Crippen molar-refractivity contribution in [2.45, 2.75) is 19.8 Å². The first-order chi connectivity index (χ1) is 18.5. The van der Waals surface area contributed by atoms with Gasteiger partial charge in [-0.3, -0.25) is 24.7 Å². The fourth-order valence-electron chi connectivity index (χ4n) is 4.40. The van der Waals surface area contributed by atoms with E-state index in [1.165, 1.54) is 11.3 Å². The number of anilines is 1. The maximum Gasteiger partial charge on any atom is 0.227 e. The molecule has 0 unspecified atom stereocenters. The van der Waals surface area contributed by atoms with E-state index in [-0.39, 0.29) is 17.6 Å². The molecule has 1 saturated carbocycles. The van der Waals surface area contributed by atoms with Crippen LogP contribution >= 0.6 is 11.3 Å². The van der Waals surface area contributed by atoms with Crippen LogP contribution in [-0.4, -0.2) is 46.8 Å². The zero-order valence-corrected chi connectivity index (χ0v) is 21.0. The number of carbonyl (C=O) groups excluding carboxylic acids is 2. The van der Waals surface area contributed by atoms with Gasteiger partial charge in [0, 0.05) is 46.1 Å². The number of carbonyl (C=O) groups is 2. The molecule has 6 aromatic rings. The minimum Gasteiger partial charge on any atom is -0.335 e. The van der Waals surface area contributed by atoms with Crippen molar-refractivity contribution in [1.29, 1.82) is 0 Å². The lowest BCUT2D eigenvalue weighted by molar-refractivity contribution is -0.117. The molecule has 1 amide bonds. The van der Waals surface area contributed by atoms with E-state index in [9.17, 15) is 9.59 Å². The standard InChI is InChI=1S/C27H20N8O2S/c1-13(36)21-4-5-22(38-21)19-11-29-12-20-23(19)33-26(32-20)24-18-7-16(9-30-25(18)35-34-24)15-6-17(10-28-8-15)31-27(37)14-2-3-14/h4-12,14H,2-3H2,1H3,(H,31,37)(H,32,33)(H,30,34,35). The number of imidazole rings is 1. The van der Waals surface area contributed by atoms with Crippen LogP contribution in [0.3, 0.4) is 0 Å². The van der Waals surface area contributed by atoms with Gasteiger partial charge in [-0.15, -0.1) is 11.3 Å². The van der Waals surface area contributed by atoms with Crippen molar-refractivity contribution in [2.24, 2.45) is 5.92 Å². The zero-order chi connectivity index (χ0) is 25.8. The van der Waals surface area contributed by atoms with E-state index in [4.69, 9.17) is 4.98 Å². The van der Waals surface area contributed by atoms with Crippen LogP contribution < -0.4 is 5.32 Å². The van der Waals surface area contributed by atoms with Crippen LogP contribution in [0.2, 0.25) is 0 Å². The Hall–Kier alpha value is -4.77. The highest BCUT2D eigenvalue weighted by molar-refractivity contribution is 7.17. The highest BCUT2D eigenvalue weighted by Gasteiger charge is 2.29. The lowest BCUT2D eigenvalue weighted by Gasteiger charge is -2.06. The zero-order valence-electron chi connectivity index (χ0n) is 20.1. The highest BCUT2D eigenvalue weighted by atomic mass is 32.1. The molecule has 1 aliphatic carbocycles. The quantitative estimate of drug-likeness (QED) is 0.255. The summed E-state index contributed by atoms with van der Waals surface area (Å²) in [6, 6.07) is 7.62. The van der Waals surface area contributed by atoms with E-state index < -0.39 is 0 Å². The summed E-state index contributed by atoms with van der Waals surface area (Å²) in [6.07, 6.45) is 10.5. The summed E-state index contributed by atoms with van der Waals surface area (Å²) in [5, 5.41) is 11.2. The number of nitrogens with zero attached hydrogens (tertiary/aromatic N) is 5. The molecule has 38 heavy (non-hydrogen) atoms. The van der Waals surface area contributed by atoms with Crippen molar-refractivity contribution in [3.05, 3.63) is 60.1 Å². The van der Waals surface area contributed by atoms with Crippen molar-refractivity contribution in [2.75, 3.05) is 5.32 Å². The molecule has 0 aromatic carbocycles. The summed E-state index contributed by atoms with van der Waals surface area (Å²) in [5.41, 5.74) is 5.92. The Morgan fingerprint density at radius 3 is 2.68 bits per heavy atom. The Kier molecular flexibility index (Phi) is 5.11. The largest absolute Gasteiger partial charge is 0.335 e. The number of rotatable bonds is 6. The number of ketones is 1. The molecule has 0 aliphatic heterocycles. The predicted molar refractivity (Wildman–Crippen MR) is 145 cm³/mol. The number of aromatic amines is 2. The molecule has 0 bridgehead atoms. The fraction of sp³-hybridized carbons (Fsp3) is 0.148. The third-order valence-corrected chi connectivity index (χ3v) is 7.76. The van der Waals surface area contributed by atoms with Gasteiger partial charge in [0.15, 0.2) is 17.3 Å². The number of pyridine rings is 3. The smallest absolute Gasteiger partial charge is 0.227 e. The number of aromatic nitrogens is 7. The molecule has 10 nitrogen and oxygen atoms in total. The van der Waals surface area contributed by atoms with Crippen LogP contribution in [-0.2, 0) is 4.79 Å². The topological polar surface area (TPSA) is 142 Å². The molecule has 1 fully saturated rings. The summed E-state index contributed by atoms with van der Waals surface area (Å²) in [6.45, 7) is 1.56. The third-order valence-electron chi connectivity index (χ3n) is 6.54. The van der Waals surface area contributed by atoms with Gasteiger partial charge in [-0.2, -0.15) is 5.10 Å². The normalized spacial score (nSPS) is 13.3. The minimum atomic E-state index is 0.0291. The second-order valence-electron chi connectivity index (χ2n) is 9.31. The molecule has 0 atom stereocenters. The van der Waals surface area contributed by atoms with E-state index in [0.717, 1.165) is 50.8 Å². The van der Waals surface area contributed by atoms with E-state index in [2.05, 4.69) is 35.5 Å². The number of thiophene rings is 1. The number of Topliss-reactive ketones (excluding diaryl/α,β-unsaturated/α-hetero) is 1. The van der Waals surface area contributed by atoms with Gasteiger partial charge in [0.05, 0.1) is 33.9 Å². The van der Waals surface area contributed by atoms with Crippen molar-refractivity contribution in [3.63, 3.8) is 0 Å². The Morgan fingerprint density at radius 1 is 1.03 bits per heavy atom. The summed E-state index contributed by atoms with van der Waals surface area (Å²) in [7, 11) is 0. The Morgan fingerprint density at radius 2 is 1.87 bits per heavy atom. The summed E-state index contributed by atoms with van der Waals surface area (Å²) < 4.78 is 0. The molecule has 7 rings (SSSR count). The molecule has 0 spiro atoms. The lowest BCUT2D eigenvalue weighted by atomic mass is 10.1. The fourth-order valence-corrected chi connectivity index (χ4v) is 5.31. The van der Waals surface area contributed by atoms with Crippen molar-refractivity contribution < 1.29 is 9.59 Å². The number of fused-ring (bicyclic) bond motifs is 2. The van der Waals surface area contributed by atoms with Gasteiger partial charge in [0.25, 0.3) is 0 Å². The first-order valence-electron chi connectivity index (χ1n) is 12.1. The molecule has 6 heterocycles. The van der Waals surface area contributed by atoms with Crippen molar-refractivity contribution in [3.8, 4) is 33.1 Å². The average Bonchev–Trinajstić information content (AvgIpc) is 3.32. The third kappa shape index (κ3) is 3.93. The monoisotopic (exact) mass is 520 g/mol. The van der Waals surface area contributed by atoms with Crippen LogP contribution in [0.25, 0.3) is 55.2 Å². The second kappa shape index (κ2) is 8.67. The Balaban J connectivity index is 1.27. The number of hydrogen-bond acceptors (Lipinski definition) is 8. The van der Waals surface area contributed by atoms with Crippen molar-refractivity contribution >= 4 is 50.8 Å². The van der Waals surface area contributed by atoms with Crippen LogP contribution in [0.5, 0.6) is 0 Å². The first kappa shape index (κ1) is 22.4. The van der Waals surface area contributed by atoms with Gasteiger partial charge in [-0.25, -0.2) is 9.97 Å². The maximum atomic E-state index is 12.2. The number of H-pyrrole nitrogens is 2. The average molecular weight is 521 g/mol.